The van der Waals surface area contributed by atoms with Crippen LogP contribution in [0.25, 0.3) is 16.9 Å². The normalized spacial score (nSPS) is 16.0. The zero-order chi connectivity index (χ0) is 24.4. The van der Waals surface area contributed by atoms with Gasteiger partial charge in [0.15, 0.2) is 0 Å². The van der Waals surface area contributed by atoms with Gasteiger partial charge in [0.2, 0.25) is 0 Å². The number of rotatable bonds is 5. The van der Waals surface area contributed by atoms with E-state index in [0.717, 1.165) is 17.7 Å². The number of aryl methyl sites for hydroxylation is 1. The van der Waals surface area contributed by atoms with Gasteiger partial charge in [0, 0.05) is 19.2 Å². The summed E-state index contributed by atoms with van der Waals surface area (Å²) in [7, 11) is 1.31. The molecule has 1 aliphatic rings. The second kappa shape index (κ2) is 9.76. The van der Waals surface area contributed by atoms with Gasteiger partial charge in [0.05, 0.1) is 55.5 Å². The highest BCUT2D eigenvalue weighted by Gasteiger charge is 2.29. The maximum absolute atomic E-state index is 15.2. The van der Waals surface area contributed by atoms with Crippen molar-refractivity contribution in [2.24, 2.45) is 0 Å². The average Bonchev–Trinajstić information content (AvgIpc) is 3.15. The van der Waals surface area contributed by atoms with Crippen LogP contribution in [0.5, 0.6) is 0 Å². The number of hydrogen-bond acceptors (Lipinski definition) is 6. The van der Waals surface area contributed by atoms with Gasteiger partial charge in [-0.05, 0) is 43.7 Å². The molecule has 1 aliphatic heterocycles. The lowest BCUT2D eigenvalue weighted by Gasteiger charge is -2.32. The third-order valence-corrected chi connectivity index (χ3v) is 5.66. The summed E-state index contributed by atoms with van der Waals surface area (Å²) in [5.74, 6) is -2.66. The molecule has 1 saturated heterocycles. The minimum absolute atomic E-state index is 0.0870. The van der Waals surface area contributed by atoms with Crippen LogP contribution < -0.4 is 0 Å². The van der Waals surface area contributed by atoms with Crippen molar-refractivity contribution in [2.75, 3.05) is 33.4 Å². The maximum Gasteiger partial charge on any atom is 0.409 e. The number of morpholine rings is 1. The van der Waals surface area contributed by atoms with Crippen molar-refractivity contribution in [3.8, 4) is 11.3 Å². The van der Waals surface area contributed by atoms with Crippen LogP contribution in [-0.4, -0.2) is 65.9 Å². The predicted octanol–water partition coefficient (Wildman–Crippen LogP) is 3.77. The van der Waals surface area contributed by atoms with Gasteiger partial charge in [-0.1, -0.05) is 0 Å². The molecule has 3 heterocycles. The van der Waals surface area contributed by atoms with Crippen molar-refractivity contribution < 1.29 is 32.6 Å². The number of carbonyl (C=O) groups excluding carboxylic acids is 2. The van der Waals surface area contributed by atoms with E-state index < -0.39 is 29.8 Å². The molecule has 1 unspecified atom stereocenters. The Morgan fingerprint density at radius 1 is 1.24 bits per heavy atom. The van der Waals surface area contributed by atoms with Gasteiger partial charge in [0.25, 0.3) is 0 Å². The van der Waals surface area contributed by atoms with E-state index in [1.807, 2.05) is 13.0 Å². The first-order chi connectivity index (χ1) is 16.3. The highest BCUT2D eigenvalue weighted by molar-refractivity contribution is 5.90. The number of imidazole rings is 1. The summed E-state index contributed by atoms with van der Waals surface area (Å²) in [6.45, 7) is 4.55. The molecule has 4 rings (SSSR count). The molecule has 3 aromatic rings. The summed E-state index contributed by atoms with van der Waals surface area (Å²) in [5, 5.41) is 0. The van der Waals surface area contributed by atoms with E-state index in [1.54, 1.807) is 23.6 Å². The van der Waals surface area contributed by atoms with Crippen molar-refractivity contribution >= 4 is 17.7 Å². The number of aromatic nitrogens is 2. The zero-order valence-corrected chi connectivity index (χ0v) is 19.1. The highest BCUT2D eigenvalue weighted by atomic mass is 19.1. The number of ether oxygens (including phenoxy) is 3. The fraction of sp³-hybridized carbons (Fsp3) is 0.375. The molecule has 1 aromatic carbocycles. The lowest BCUT2D eigenvalue weighted by Crippen LogP contribution is -2.46. The van der Waals surface area contributed by atoms with Crippen LogP contribution >= 0.6 is 0 Å². The van der Waals surface area contributed by atoms with E-state index in [1.165, 1.54) is 12.0 Å². The molecule has 0 radical (unpaired) electrons. The van der Waals surface area contributed by atoms with Gasteiger partial charge in [-0.25, -0.2) is 23.4 Å². The van der Waals surface area contributed by atoms with E-state index in [-0.39, 0.29) is 36.4 Å². The van der Waals surface area contributed by atoms with Crippen LogP contribution in [0, 0.1) is 18.6 Å². The Hall–Kier alpha value is -3.53. The SMILES string of the molecule is CCOC(=O)c1cc(F)c(-c2nc3cc(C)ccn3c2CC2CN(C(=O)OC)CCO2)c(F)c1. The summed E-state index contributed by atoms with van der Waals surface area (Å²) in [4.78, 5) is 30.0. The number of benzene rings is 1. The van der Waals surface area contributed by atoms with Crippen molar-refractivity contribution in [3.63, 3.8) is 0 Å². The summed E-state index contributed by atoms with van der Waals surface area (Å²) in [5.41, 5.74) is 1.51. The number of esters is 1. The highest BCUT2D eigenvalue weighted by Crippen LogP contribution is 2.32. The summed E-state index contributed by atoms with van der Waals surface area (Å²) in [6.07, 6.45) is 1.12. The Kier molecular flexibility index (Phi) is 6.78. The first-order valence-electron chi connectivity index (χ1n) is 10.9. The van der Waals surface area contributed by atoms with E-state index >= 15 is 8.78 Å². The lowest BCUT2D eigenvalue weighted by molar-refractivity contribution is -0.0241. The molecule has 180 valence electrons. The molecule has 34 heavy (non-hydrogen) atoms. The molecule has 0 saturated carbocycles. The molecule has 0 N–H and O–H groups in total. The quantitative estimate of drug-likeness (QED) is 0.525. The standard InChI is InChI=1S/C24H25F2N3O5/c1-4-33-23(30)15-10-17(25)21(18(26)11-15)22-19(29-6-5-14(2)9-20(29)27-22)12-16-13-28(7-8-34-16)24(31)32-3/h5-6,9-11,16H,4,7-8,12-13H2,1-3H3. The van der Waals surface area contributed by atoms with Gasteiger partial charge in [-0.3, -0.25) is 0 Å². The first-order valence-corrected chi connectivity index (χ1v) is 10.9. The van der Waals surface area contributed by atoms with E-state index in [2.05, 4.69) is 4.98 Å². The summed E-state index contributed by atoms with van der Waals surface area (Å²) in [6, 6.07) is 5.57. The minimum atomic E-state index is -0.926. The van der Waals surface area contributed by atoms with Crippen molar-refractivity contribution in [1.29, 1.82) is 0 Å². The largest absolute Gasteiger partial charge is 0.462 e. The van der Waals surface area contributed by atoms with Crippen molar-refractivity contribution in [3.05, 3.63) is 58.9 Å². The van der Waals surface area contributed by atoms with Crippen molar-refractivity contribution in [1.82, 2.24) is 14.3 Å². The van der Waals surface area contributed by atoms with Crippen LogP contribution in [0.2, 0.25) is 0 Å². The number of methoxy groups -OCH3 is 1. The molecule has 0 aliphatic carbocycles. The average molecular weight is 473 g/mol. The molecule has 0 bridgehead atoms. The molecular weight excluding hydrogens is 448 g/mol. The molecular formula is C24H25F2N3O5. The van der Waals surface area contributed by atoms with Crippen molar-refractivity contribution in [2.45, 2.75) is 26.4 Å². The Morgan fingerprint density at radius 2 is 1.97 bits per heavy atom. The van der Waals surface area contributed by atoms with Gasteiger partial charge >= 0.3 is 12.1 Å². The topological polar surface area (TPSA) is 82.4 Å². The Bertz CT molecular complexity index is 1220. The second-order valence-electron chi connectivity index (χ2n) is 7.99. The Balaban J connectivity index is 1.77. The van der Waals surface area contributed by atoms with Crippen LogP contribution in [0.1, 0.15) is 28.5 Å². The van der Waals surface area contributed by atoms with Crippen LogP contribution in [0.15, 0.2) is 30.5 Å². The molecule has 10 heteroatoms. The first kappa shape index (κ1) is 23.6. The second-order valence-corrected chi connectivity index (χ2v) is 7.99. The van der Waals surface area contributed by atoms with Gasteiger partial charge in [0.1, 0.15) is 17.3 Å². The molecule has 1 amide bonds. The lowest BCUT2D eigenvalue weighted by atomic mass is 10.0. The van der Waals surface area contributed by atoms with E-state index in [4.69, 9.17) is 14.2 Å². The number of halogens is 2. The zero-order valence-electron chi connectivity index (χ0n) is 19.1. The van der Waals surface area contributed by atoms with Crippen LogP contribution in [0.3, 0.4) is 0 Å². The number of nitrogens with zero attached hydrogens (tertiary/aromatic N) is 3. The van der Waals surface area contributed by atoms with E-state index in [9.17, 15) is 9.59 Å². The Labute approximate surface area is 195 Å². The maximum atomic E-state index is 15.2. The summed E-state index contributed by atoms with van der Waals surface area (Å²) < 4.78 is 47.6. The number of carbonyl (C=O) groups is 2. The molecule has 0 spiro atoms. The molecule has 8 nitrogen and oxygen atoms in total. The monoisotopic (exact) mass is 473 g/mol. The van der Waals surface area contributed by atoms with Gasteiger partial charge < -0.3 is 23.5 Å². The molecule has 2 aromatic heterocycles. The molecule has 1 fully saturated rings. The fourth-order valence-electron chi connectivity index (χ4n) is 4.08. The third-order valence-electron chi connectivity index (χ3n) is 5.66. The van der Waals surface area contributed by atoms with E-state index in [0.29, 0.717) is 24.5 Å². The van der Waals surface area contributed by atoms with Crippen LogP contribution in [0.4, 0.5) is 13.6 Å². The smallest absolute Gasteiger partial charge is 0.409 e. The number of hydrogen-bond donors (Lipinski definition) is 0. The third kappa shape index (κ3) is 4.58. The van der Waals surface area contributed by atoms with Crippen LogP contribution in [-0.2, 0) is 20.6 Å². The Morgan fingerprint density at radius 3 is 2.65 bits per heavy atom. The number of amides is 1. The number of pyridine rings is 1. The van der Waals surface area contributed by atoms with Gasteiger partial charge in [-0.2, -0.15) is 0 Å². The minimum Gasteiger partial charge on any atom is -0.462 e. The fourth-order valence-corrected chi connectivity index (χ4v) is 4.08. The predicted molar refractivity (Wildman–Crippen MR) is 119 cm³/mol. The molecule has 1 atom stereocenters. The van der Waals surface area contributed by atoms with Gasteiger partial charge in [-0.15, -0.1) is 0 Å². The summed E-state index contributed by atoms with van der Waals surface area (Å²) >= 11 is 0. The number of fused-ring (bicyclic) bond motifs is 1.